The van der Waals surface area contributed by atoms with Gasteiger partial charge in [-0.2, -0.15) is 0 Å². The van der Waals surface area contributed by atoms with Crippen molar-refractivity contribution in [3.8, 4) is 0 Å². The number of hydrogen-bond acceptors (Lipinski definition) is 7. The quantitative estimate of drug-likeness (QED) is 0.352. The molecule has 2 rings (SSSR count). The molecule has 1 aromatic carbocycles. The van der Waals surface area contributed by atoms with Gasteiger partial charge in [0.05, 0.1) is 11.9 Å². The van der Waals surface area contributed by atoms with Gasteiger partial charge in [0.1, 0.15) is 12.8 Å². The highest BCUT2D eigenvalue weighted by molar-refractivity contribution is 6.08. The number of oxazole rings is 1. The van der Waals surface area contributed by atoms with E-state index < -0.39 is 0 Å². The summed E-state index contributed by atoms with van der Waals surface area (Å²) in [6.45, 7) is 4.47. The first kappa shape index (κ1) is 17.3. The second-order valence-corrected chi connectivity index (χ2v) is 4.92. The Morgan fingerprint density at radius 3 is 2.75 bits per heavy atom. The number of aromatic nitrogens is 1. The minimum atomic E-state index is 0.250. The van der Waals surface area contributed by atoms with E-state index >= 15 is 0 Å². The number of ether oxygens (including phenoxy) is 1. The van der Waals surface area contributed by atoms with Crippen molar-refractivity contribution in [1.29, 1.82) is 0 Å². The summed E-state index contributed by atoms with van der Waals surface area (Å²) in [6, 6.07) is 9.73. The zero-order valence-corrected chi connectivity index (χ0v) is 13.6. The van der Waals surface area contributed by atoms with Crippen LogP contribution in [0.2, 0.25) is 0 Å². The fourth-order valence-corrected chi connectivity index (χ4v) is 2.01. The number of nitrogens with zero attached hydrogens (tertiary/aromatic N) is 3. The van der Waals surface area contributed by atoms with Crippen LogP contribution in [0.3, 0.4) is 0 Å². The maximum absolute atomic E-state index is 8.58. The van der Waals surface area contributed by atoms with Gasteiger partial charge in [-0.15, -0.1) is 0 Å². The molecule has 0 unspecified atom stereocenters. The molecule has 0 amide bonds. The Bertz CT molecular complexity index is 744. The lowest BCUT2D eigenvalue weighted by atomic mass is 10.2. The van der Waals surface area contributed by atoms with Gasteiger partial charge in [-0.25, -0.2) is 4.98 Å². The Kier molecular flexibility index (Phi) is 6.13. The SMILES string of the molecule is CCN=C(/C(OCc1ccccc1)=C(/C)N)c1ncc(/C=N/O)o1. The summed E-state index contributed by atoms with van der Waals surface area (Å²) in [7, 11) is 0. The molecule has 1 aromatic heterocycles. The van der Waals surface area contributed by atoms with E-state index in [-0.39, 0.29) is 5.89 Å². The van der Waals surface area contributed by atoms with Crippen molar-refractivity contribution in [2.24, 2.45) is 15.9 Å². The van der Waals surface area contributed by atoms with Crippen LogP contribution in [0.25, 0.3) is 0 Å². The summed E-state index contributed by atoms with van der Waals surface area (Å²) in [5, 5.41) is 11.5. The van der Waals surface area contributed by atoms with Crippen LogP contribution in [-0.2, 0) is 11.3 Å². The third-order valence-electron chi connectivity index (χ3n) is 3.03. The predicted octanol–water partition coefficient (Wildman–Crippen LogP) is 2.70. The summed E-state index contributed by atoms with van der Waals surface area (Å²) < 4.78 is 11.4. The number of aliphatic imine (C=N–C) groups is 1. The predicted molar refractivity (Wildman–Crippen MR) is 91.1 cm³/mol. The lowest BCUT2D eigenvalue weighted by Gasteiger charge is -2.13. The van der Waals surface area contributed by atoms with E-state index in [0.717, 1.165) is 11.8 Å². The zero-order valence-electron chi connectivity index (χ0n) is 13.6. The highest BCUT2D eigenvalue weighted by Gasteiger charge is 2.19. The molecule has 7 heteroatoms. The molecular weight excluding hydrogens is 308 g/mol. The van der Waals surface area contributed by atoms with Crippen molar-refractivity contribution in [2.75, 3.05) is 6.54 Å². The van der Waals surface area contributed by atoms with Crippen LogP contribution in [0.4, 0.5) is 0 Å². The zero-order chi connectivity index (χ0) is 17.4. The highest BCUT2D eigenvalue weighted by Crippen LogP contribution is 2.16. The standard InChI is InChI=1S/C17H20N4O3/c1-3-19-15(17-20-9-14(24-17)10-21-22)16(12(2)18)23-11-13-7-5-4-6-8-13/h4-10,22H,3,11,18H2,1-2H3/b16-12+,19-15?,21-10+. The van der Waals surface area contributed by atoms with Crippen LogP contribution in [0.5, 0.6) is 0 Å². The second-order valence-electron chi connectivity index (χ2n) is 4.92. The van der Waals surface area contributed by atoms with Gasteiger partial charge in [0.25, 0.3) is 0 Å². The fraction of sp³-hybridized carbons (Fsp3) is 0.235. The number of oxime groups is 1. The number of benzene rings is 1. The van der Waals surface area contributed by atoms with Gasteiger partial charge < -0.3 is 20.1 Å². The maximum Gasteiger partial charge on any atom is 0.249 e. The number of allylic oxidation sites excluding steroid dienone is 2. The van der Waals surface area contributed by atoms with E-state index in [2.05, 4.69) is 15.1 Å². The van der Waals surface area contributed by atoms with Crippen molar-refractivity contribution in [3.05, 3.63) is 65.2 Å². The molecule has 0 aliphatic carbocycles. The molecule has 0 saturated heterocycles. The summed E-state index contributed by atoms with van der Waals surface area (Å²) in [4.78, 5) is 8.53. The molecular formula is C17H20N4O3. The van der Waals surface area contributed by atoms with Gasteiger partial charge in [-0.1, -0.05) is 35.5 Å². The van der Waals surface area contributed by atoms with Gasteiger partial charge >= 0.3 is 0 Å². The lowest BCUT2D eigenvalue weighted by molar-refractivity contribution is 0.213. The Hall–Kier alpha value is -3.09. The normalized spacial score (nSPS) is 13.2. The van der Waals surface area contributed by atoms with Crippen molar-refractivity contribution < 1.29 is 14.4 Å². The average molecular weight is 328 g/mol. The average Bonchev–Trinajstić information content (AvgIpc) is 3.03. The number of rotatable bonds is 7. The Labute approximate surface area is 140 Å². The summed E-state index contributed by atoms with van der Waals surface area (Å²) in [6.07, 6.45) is 2.57. The molecule has 7 nitrogen and oxygen atoms in total. The van der Waals surface area contributed by atoms with Gasteiger partial charge in [0.2, 0.25) is 5.89 Å². The largest absolute Gasteiger partial charge is 0.485 e. The number of nitrogens with two attached hydrogens (primary N) is 1. The van der Waals surface area contributed by atoms with E-state index in [1.165, 1.54) is 6.20 Å². The van der Waals surface area contributed by atoms with Crippen LogP contribution in [0.15, 0.2) is 62.6 Å². The van der Waals surface area contributed by atoms with Gasteiger partial charge in [-0.05, 0) is 19.4 Å². The van der Waals surface area contributed by atoms with Crippen molar-refractivity contribution in [1.82, 2.24) is 4.98 Å². The molecule has 0 atom stereocenters. The van der Waals surface area contributed by atoms with E-state index in [1.807, 2.05) is 37.3 Å². The van der Waals surface area contributed by atoms with Crippen molar-refractivity contribution >= 4 is 11.9 Å². The summed E-state index contributed by atoms with van der Waals surface area (Å²) in [5.41, 5.74) is 7.87. The van der Waals surface area contributed by atoms with Gasteiger partial charge in [0.15, 0.2) is 17.2 Å². The maximum atomic E-state index is 8.58. The van der Waals surface area contributed by atoms with Crippen molar-refractivity contribution in [2.45, 2.75) is 20.5 Å². The monoisotopic (exact) mass is 328 g/mol. The third-order valence-corrected chi connectivity index (χ3v) is 3.03. The molecule has 126 valence electrons. The Balaban J connectivity index is 2.28. The first-order chi connectivity index (χ1) is 11.7. The van der Waals surface area contributed by atoms with Gasteiger partial charge in [0, 0.05) is 6.54 Å². The molecule has 0 aliphatic rings. The second kappa shape index (κ2) is 8.52. The molecule has 0 bridgehead atoms. The summed E-state index contributed by atoms with van der Waals surface area (Å²) >= 11 is 0. The van der Waals surface area contributed by atoms with E-state index in [9.17, 15) is 0 Å². The smallest absolute Gasteiger partial charge is 0.249 e. The van der Waals surface area contributed by atoms with Crippen molar-refractivity contribution in [3.63, 3.8) is 0 Å². The van der Waals surface area contributed by atoms with E-state index in [4.69, 9.17) is 20.1 Å². The molecule has 3 N–H and O–H groups in total. The molecule has 0 radical (unpaired) electrons. The van der Waals surface area contributed by atoms with Crippen LogP contribution in [0, 0.1) is 0 Å². The van der Waals surface area contributed by atoms with Crippen LogP contribution in [0.1, 0.15) is 31.1 Å². The van der Waals surface area contributed by atoms with E-state index in [0.29, 0.717) is 36.1 Å². The molecule has 24 heavy (non-hydrogen) atoms. The summed E-state index contributed by atoms with van der Waals surface area (Å²) in [5.74, 6) is 0.961. The molecule has 1 heterocycles. The molecule has 0 fully saturated rings. The first-order valence-electron chi connectivity index (χ1n) is 7.47. The fourth-order valence-electron chi connectivity index (χ4n) is 2.01. The van der Waals surface area contributed by atoms with Crippen LogP contribution < -0.4 is 5.73 Å². The lowest BCUT2D eigenvalue weighted by Crippen LogP contribution is -2.15. The molecule has 0 aliphatic heterocycles. The van der Waals surface area contributed by atoms with Gasteiger partial charge in [-0.3, -0.25) is 4.99 Å². The van der Waals surface area contributed by atoms with E-state index in [1.54, 1.807) is 6.92 Å². The Morgan fingerprint density at radius 2 is 2.12 bits per heavy atom. The topological polar surface area (TPSA) is 106 Å². The minimum Gasteiger partial charge on any atom is -0.485 e. The van der Waals surface area contributed by atoms with Crippen LogP contribution in [-0.4, -0.2) is 28.7 Å². The first-order valence-corrected chi connectivity index (χ1v) is 7.47. The minimum absolute atomic E-state index is 0.250. The third kappa shape index (κ3) is 4.45. The Morgan fingerprint density at radius 1 is 1.38 bits per heavy atom. The molecule has 2 aromatic rings. The van der Waals surface area contributed by atoms with Crippen LogP contribution >= 0.6 is 0 Å². The molecule has 0 saturated carbocycles. The highest BCUT2D eigenvalue weighted by atomic mass is 16.5. The number of hydrogen-bond donors (Lipinski definition) is 2. The molecule has 0 spiro atoms.